The molecular weight excluding hydrogens is 269 g/mol. The Morgan fingerprint density at radius 1 is 1.32 bits per heavy atom. The molecule has 98 valence electrons. The van der Waals surface area contributed by atoms with Crippen LogP contribution in [0.3, 0.4) is 0 Å². The highest BCUT2D eigenvalue weighted by Gasteiger charge is 2.16. The Morgan fingerprint density at radius 2 is 2.11 bits per heavy atom. The Kier molecular flexibility index (Phi) is 3.91. The van der Waals surface area contributed by atoms with Crippen molar-refractivity contribution in [1.29, 1.82) is 0 Å². The minimum atomic E-state index is -0.638. The number of rotatable bonds is 3. The van der Waals surface area contributed by atoms with Gasteiger partial charge in [-0.15, -0.1) is 11.3 Å². The van der Waals surface area contributed by atoms with E-state index in [4.69, 9.17) is 0 Å². The van der Waals surface area contributed by atoms with Crippen molar-refractivity contribution < 1.29 is 18.7 Å². The van der Waals surface area contributed by atoms with E-state index in [0.717, 1.165) is 12.1 Å². The Balaban J connectivity index is 2.31. The number of carbonyl (C=O) groups is 2. The van der Waals surface area contributed by atoms with Crippen LogP contribution in [0.4, 0.5) is 10.1 Å². The summed E-state index contributed by atoms with van der Waals surface area (Å²) in [7, 11) is 1.22. The lowest BCUT2D eigenvalue weighted by molar-refractivity contribution is 0.0602. The molecule has 1 N–H and O–H groups in total. The van der Waals surface area contributed by atoms with Crippen molar-refractivity contribution in [2.24, 2.45) is 0 Å². The summed E-state index contributed by atoms with van der Waals surface area (Å²) in [5, 5.41) is 4.25. The lowest BCUT2D eigenvalue weighted by Gasteiger charge is -2.09. The second-order valence-corrected chi connectivity index (χ2v) is 4.56. The van der Waals surface area contributed by atoms with E-state index in [9.17, 15) is 14.0 Å². The van der Waals surface area contributed by atoms with Crippen LogP contribution in [-0.4, -0.2) is 19.0 Å². The molecule has 0 fully saturated rings. The normalized spacial score (nSPS) is 10.0. The van der Waals surface area contributed by atoms with Gasteiger partial charge < -0.3 is 10.1 Å². The van der Waals surface area contributed by atoms with Crippen LogP contribution >= 0.6 is 11.3 Å². The van der Waals surface area contributed by atoms with E-state index in [0.29, 0.717) is 4.88 Å². The molecule has 0 bridgehead atoms. The molecule has 6 heteroatoms. The molecule has 4 nitrogen and oxygen atoms in total. The molecule has 1 aromatic heterocycles. The fraction of sp³-hybridized carbons (Fsp3) is 0.0769. The number of methoxy groups -OCH3 is 1. The monoisotopic (exact) mass is 279 g/mol. The van der Waals surface area contributed by atoms with E-state index in [2.05, 4.69) is 10.1 Å². The van der Waals surface area contributed by atoms with Gasteiger partial charge in [-0.05, 0) is 29.6 Å². The molecule has 0 aliphatic rings. The Morgan fingerprint density at radius 3 is 2.74 bits per heavy atom. The molecule has 0 radical (unpaired) electrons. The minimum absolute atomic E-state index is 0.0882. The third-order valence-electron chi connectivity index (χ3n) is 2.38. The van der Waals surface area contributed by atoms with Crippen LogP contribution in [0.5, 0.6) is 0 Å². The van der Waals surface area contributed by atoms with Crippen molar-refractivity contribution in [3.8, 4) is 0 Å². The first kappa shape index (κ1) is 13.2. The maximum absolute atomic E-state index is 13.2. The third-order valence-corrected chi connectivity index (χ3v) is 3.25. The molecule has 0 aliphatic carbocycles. The maximum atomic E-state index is 13.2. The zero-order valence-electron chi connectivity index (χ0n) is 9.98. The highest BCUT2D eigenvalue weighted by molar-refractivity contribution is 7.12. The second-order valence-electron chi connectivity index (χ2n) is 3.61. The molecule has 0 atom stereocenters. The summed E-state index contributed by atoms with van der Waals surface area (Å²) in [6.07, 6.45) is 0. The van der Waals surface area contributed by atoms with Gasteiger partial charge in [-0.25, -0.2) is 9.18 Å². The number of thiophene rings is 1. The van der Waals surface area contributed by atoms with Crippen LogP contribution in [0.1, 0.15) is 20.0 Å². The average molecular weight is 279 g/mol. The fourth-order valence-corrected chi connectivity index (χ4v) is 2.12. The van der Waals surface area contributed by atoms with Gasteiger partial charge in [0.05, 0.1) is 23.2 Å². The summed E-state index contributed by atoms with van der Waals surface area (Å²) < 4.78 is 17.8. The summed E-state index contributed by atoms with van der Waals surface area (Å²) in [5.74, 6) is -1.58. The number of hydrogen-bond acceptors (Lipinski definition) is 4. The van der Waals surface area contributed by atoms with Gasteiger partial charge in [0.15, 0.2) is 0 Å². The highest BCUT2D eigenvalue weighted by Crippen LogP contribution is 2.20. The number of anilines is 1. The second kappa shape index (κ2) is 5.62. The predicted molar refractivity (Wildman–Crippen MR) is 70.0 cm³/mol. The summed E-state index contributed by atoms with van der Waals surface area (Å²) in [4.78, 5) is 23.9. The van der Waals surface area contributed by atoms with Crippen LogP contribution < -0.4 is 5.32 Å². The molecule has 1 aromatic carbocycles. The van der Waals surface area contributed by atoms with Crippen LogP contribution in [0, 0.1) is 5.82 Å². The Hall–Kier alpha value is -2.21. The van der Waals surface area contributed by atoms with Crippen molar-refractivity contribution in [3.05, 3.63) is 52.0 Å². The Bertz CT molecular complexity index is 610. The molecule has 1 amide bonds. The van der Waals surface area contributed by atoms with Crippen LogP contribution in [-0.2, 0) is 4.74 Å². The zero-order valence-corrected chi connectivity index (χ0v) is 10.8. The number of ether oxygens (including phenoxy) is 1. The largest absolute Gasteiger partial charge is 0.465 e. The summed E-state index contributed by atoms with van der Waals surface area (Å²) in [5.41, 5.74) is 0.194. The van der Waals surface area contributed by atoms with Gasteiger partial charge >= 0.3 is 5.97 Å². The van der Waals surface area contributed by atoms with Gasteiger partial charge in [0, 0.05) is 0 Å². The topological polar surface area (TPSA) is 55.4 Å². The lowest BCUT2D eigenvalue weighted by atomic mass is 10.1. The molecule has 2 aromatic rings. The quantitative estimate of drug-likeness (QED) is 0.879. The molecular formula is C13H10FNO3S. The van der Waals surface area contributed by atoms with Gasteiger partial charge in [0.25, 0.3) is 5.91 Å². The summed E-state index contributed by atoms with van der Waals surface area (Å²) >= 11 is 1.25. The third kappa shape index (κ3) is 2.97. The molecule has 1 heterocycles. The first-order valence-electron chi connectivity index (χ1n) is 5.34. The standard InChI is InChI=1S/C13H10FNO3S/c1-18-13(17)9-5-4-8(14)7-10(9)15-12(16)11-3-2-6-19-11/h2-7H,1H3,(H,15,16). The summed E-state index contributed by atoms with van der Waals surface area (Å²) in [6.45, 7) is 0. The first-order valence-corrected chi connectivity index (χ1v) is 6.22. The highest BCUT2D eigenvalue weighted by atomic mass is 32.1. The lowest BCUT2D eigenvalue weighted by Crippen LogP contribution is -2.14. The van der Waals surface area contributed by atoms with Crippen LogP contribution in [0.25, 0.3) is 0 Å². The fourth-order valence-electron chi connectivity index (χ4n) is 1.50. The van der Waals surface area contributed by atoms with E-state index in [1.165, 1.54) is 24.5 Å². The molecule has 0 saturated heterocycles. The SMILES string of the molecule is COC(=O)c1ccc(F)cc1NC(=O)c1cccs1. The van der Waals surface area contributed by atoms with Crippen molar-refractivity contribution in [1.82, 2.24) is 0 Å². The number of nitrogens with one attached hydrogen (secondary N) is 1. The summed E-state index contributed by atoms with van der Waals surface area (Å²) in [6, 6.07) is 6.85. The zero-order chi connectivity index (χ0) is 13.8. The molecule has 19 heavy (non-hydrogen) atoms. The first-order chi connectivity index (χ1) is 9.11. The predicted octanol–water partition coefficient (Wildman–Crippen LogP) is 2.93. The van der Waals surface area contributed by atoms with Crippen molar-refractivity contribution >= 4 is 28.9 Å². The number of halogens is 1. The smallest absolute Gasteiger partial charge is 0.339 e. The molecule has 2 rings (SSSR count). The van der Waals surface area contributed by atoms with E-state index in [1.807, 2.05) is 0 Å². The number of esters is 1. The van der Waals surface area contributed by atoms with Crippen LogP contribution in [0.2, 0.25) is 0 Å². The number of hydrogen-bond donors (Lipinski definition) is 1. The maximum Gasteiger partial charge on any atom is 0.339 e. The van der Waals surface area contributed by atoms with Gasteiger partial charge in [-0.1, -0.05) is 6.07 Å². The van der Waals surface area contributed by atoms with Gasteiger partial charge in [0.2, 0.25) is 0 Å². The van der Waals surface area contributed by atoms with Crippen molar-refractivity contribution in [2.75, 3.05) is 12.4 Å². The average Bonchev–Trinajstić information content (AvgIpc) is 2.92. The molecule has 0 spiro atoms. The number of benzene rings is 1. The van der Waals surface area contributed by atoms with Crippen molar-refractivity contribution in [3.63, 3.8) is 0 Å². The molecule has 0 saturated carbocycles. The van der Waals surface area contributed by atoms with E-state index in [1.54, 1.807) is 17.5 Å². The molecule has 0 unspecified atom stereocenters. The van der Waals surface area contributed by atoms with Crippen molar-refractivity contribution in [2.45, 2.75) is 0 Å². The van der Waals surface area contributed by atoms with E-state index < -0.39 is 17.7 Å². The number of amides is 1. The van der Waals surface area contributed by atoms with Gasteiger partial charge in [0.1, 0.15) is 5.82 Å². The van der Waals surface area contributed by atoms with E-state index in [-0.39, 0.29) is 11.3 Å². The number of carbonyl (C=O) groups excluding carboxylic acids is 2. The molecule has 0 aliphatic heterocycles. The van der Waals surface area contributed by atoms with Gasteiger partial charge in [-0.3, -0.25) is 4.79 Å². The van der Waals surface area contributed by atoms with E-state index >= 15 is 0 Å². The van der Waals surface area contributed by atoms with Crippen LogP contribution in [0.15, 0.2) is 35.7 Å². The minimum Gasteiger partial charge on any atom is -0.465 e. The Labute approximate surface area is 112 Å². The van der Waals surface area contributed by atoms with Gasteiger partial charge in [-0.2, -0.15) is 0 Å².